The van der Waals surface area contributed by atoms with Crippen molar-refractivity contribution >= 4 is 11.8 Å². The van der Waals surface area contributed by atoms with E-state index in [0.717, 1.165) is 24.0 Å². The number of benzene rings is 1. The highest BCUT2D eigenvalue weighted by molar-refractivity contribution is 5.96. The molecule has 0 saturated carbocycles. The number of rotatable bonds is 8. The average Bonchev–Trinajstić information content (AvgIpc) is 2.66. The van der Waals surface area contributed by atoms with E-state index < -0.39 is 0 Å². The van der Waals surface area contributed by atoms with Crippen LogP contribution in [0.5, 0.6) is 0 Å². The summed E-state index contributed by atoms with van der Waals surface area (Å²) in [6.07, 6.45) is 1.78. The van der Waals surface area contributed by atoms with E-state index in [1.807, 2.05) is 45.0 Å². The van der Waals surface area contributed by atoms with E-state index in [9.17, 15) is 9.59 Å². The molecule has 5 heteroatoms. The van der Waals surface area contributed by atoms with E-state index in [0.29, 0.717) is 25.3 Å². The minimum atomic E-state index is -0.277. The molecule has 0 aliphatic carbocycles. The number of nitrogens with zero attached hydrogens (tertiary/aromatic N) is 2. The Balaban J connectivity index is 2.08. The average molecular weight is 353 g/mol. The van der Waals surface area contributed by atoms with E-state index >= 15 is 0 Å². The Bertz CT molecular complexity index is 752. The first-order chi connectivity index (χ1) is 12.6. The first kappa shape index (κ1) is 19.6. The van der Waals surface area contributed by atoms with Gasteiger partial charge in [-0.25, -0.2) is 4.98 Å². The number of hydrogen-bond acceptors (Lipinski definition) is 3. The molecule has 2 rings (SSSR count). The maximum Gasteiger partial charge on any atom is 0.272 e. The minimum absolute atomic E-state index is 0.123. The van der Waals surface area contributed by atoms with Gasteiger partial charge < -0.3 is 10.2 Å². The maximum absolute atomic E-state index is 12.7. The topological polar surface area (TPSA) is 62.3 Å². The fourth-order valence-corrected chi connectivity index (χ4v) is 2.77. The van der Waals surface area contributed by atoms with Gasteiger partial charge in [0.05, 0.1) is 0 Å². The van der Waals surface area contributed by atoms with Gasteiger partial charge in [0.2, 0.25) is 0 Å². The molecule has 1 aromatic carbocycles. The summed E-state index contributed by atoms with van der Waals surface area (Å²) in [5, 5.41) is 2.88. The summed E-state index contributed by atoms with van der Waals surface area (Å²) in [7, 11) is 0. The van der Waals surface area contributed by atoms with Crippen LogP contribution in [-0.4, -0.2) is 34.8 Å². The maximum atomic E-state index is 12.7. The molecule has 0 unspecified atom stereocenters. The second-order valence-corrected chi connectivity index (χ2v) is 6.31. The largest absolute Gasteiger partial charge is 0.347 e. The lowest BCUT2D eigenvalue weighted by Gasteiger charge is -2.21. The van der Waals surface area contributed by atoms with Gasteiger partial charge in [-0.1, -0.05) is 44.2 Å². The smallest absolute Gasteiger partial charge is 0.272 e. The zero-order chi connectivity index (χ0) is 18.9. The molecule has 0 bridgehead atoms. The number of aryl methyl sites for hydroxylation is 1. The quantitative estimate of drug-likeness (QED) is 0.789. The Morgan fingerprint density at radius 1 is 0.962 bits per heavy atom. The highest BCUT2D eigenvalue weighted by Crippen LogP contribution is 2.08. The number of hydrogen-bond donors (Lipinski definition) is 1. The van der Waals surface area contributed by atoms with Crippen molar-refractivity contribution in [2.24, 2.45) is 0 Å². The van der Waals surface area contributed by atoms with Crippen molar-refractivity contribution in [3.63, 3.8) is 0 Å². The van der Waals surface area contributed by atoms with Crippen LogP contribution in [0.2, 0.25) is 0 Å². The summed E-state index contributed by atoms with van der Waals surface area (Å²) in [5.41, 5.74) is 2.76. The number of amides is 2. The first-order valence-corrected chi connectivity index (χ1v) is 9.15. The SMILES string of the molecule is CCCN(CCC)C(=O)c1cccc(C(=O)NCc2ccccc2C)n1. The lowest BCUT2D eigenvalue weighted by atomic mass is 10.1. The van der Waals surface area contributed by atoms with Gasteiger partial charge in [0, 0.05) is 19.6 Å². The monoisotopic (exact) mass is 353 g/mol. The molecular weight excluding hydrogens is 326 g/mol. The number of aromatic nitrogens is 1. The molecule has 0 spiro atoms. The third kappa shape index (κ3) is 5.15. The van der Waals surface area contributed by atoms with Crippen LogP contribution in [-0.2, 0) is 6.54 Å². The second kappa shape index (κ2) is 9.70. The van der Waals surface area contributed by atoms with Gasteiger partial charge in [-0.3, -0.25) is 9.59 Å². The molecule has 0 saturated heterocycles. The van der Waals surface area contributed by atoms with E-state index in [1.165, 1.54) is 0 Å². The Kier molecular flexibility index (Phi) is 7.33. The van der Waals surface area contributed by atoms with Crippen LogP contribution in [0.4, 0.5) is 0 Å². The molecule has 2 aromatic rings. The van der Waals surface area contributed by atoms with Crippen LogP contribution < -0.4 is 5.32 Å². The molecule has 26 heavy (non-hydrogen) atoms. The van der Waals surface area contributed by atoms with Gasteiger partial charge in [-0.15, -0.1) is 0 Å². The fourth-order valence-electron chi connectivity index (χ4n) is 2.77. The van der Waals surface area contributed by atoms with Gasteiger partial charge in [0.1, 0.15) is 11.4 Å². The number of nitrogens with one attached hydrogen (secondary N) is 1. The molecule has 5 nitrogen and oxygen atoms in total. The lowest BCUT2D eigenvalue weighted by molar-refractivity contribution is 0.0749. The van der Waals surface area contributed by atoms with Gasteiger partial charge >= 0.3 is 0 Å². The molecule has 1 N–H and O–H groups in total. The molecule has 0 radical (unpaired) electrons. The molecule has 0 aliphatic heterocycles. The fraction of sp³-hybridized carbons (Fsp3) is 0.381. The van der Waals surface area contributed by atoms with Gasteiger partial charge in [0.25, 0.3) is 11.8 Å². The highest BCUT2D eigenvalue weighted by Gasteiger charge is 2.17. The van der Waals surface area contributed by atoms with Crippen LogP contribution in [0.15, 0.2) is 42.5 Å². The third-order valence-electron chi connectivity index (χ3n) is 4.18. The number of carbonyl (C=O) groups is 2. The minimum Gasteiger partial charge on any atom is -0.347 e. The van der Waals surface area contributed by atoms with E-state index in [4.69, 9.17) is 0 Å². The van der Waals surface area contributed by atoms with Crippen molar-refractivity contribution in [1.82, 2.24) is 15.2 Å². The van der Waals surface area contributed by atoms with E-state index in [-0.39, 0.29) is 17.5 Å². The van der Waals surface area contributed by atoms with E-state index in [1.54, 1.807) is 23.1 Å². The Morgan fingerprint density at radius 3 is 2.27 bits per heavy atom. The molecule has 1 aromatic heterocycles. The number of carbonyl (C=O) groups excluding carboxylic acids is 2. The van der Waals surface area contributed by atoms with Gasteiger partial charge in [0.15, 0.2) is 0 Å². The molecule has 0 fully saturated rings. The van der Waals surface area contributed by atoms with Gasteiger partial charge in [-0.2, -0.15) is 0 Å². The zero-order valence-electron chi connectivity index (χ0n) is 15.8. The normalized spacial score (nSPS) is 10.4. The van der Waals surface area contributed by atoms with Crippen LogP contribution in [0.3, 0.4) is 0 Å². The van der Waals surface area contributed by atoms with Crippen molar-refractivity contribution in [1.29, 1.82) is 0 Å². The first-order valence-electron chi connectivity index (χ1n) is 9.15. The Labute approximate surface area is 155 Å². The van der Waals surface area contributed by atoms with E-state index in [2.05, 4.69) is 10.3 Å². The lowest BCUT2D eigenvalue weighted by Crippen LogP contribution is -2.33. The predicted octanol–water partition coefficient (Wildman–Crippen LogP) is 3.58. The number of pyridine rings is 1. The molecule has 0 atom stereocenters. The molecule has 2 amide bonds. The van der Waals surface area contributed by atoms with Crippen molar-refractivity contribution in [3.05, 3.63) is 65.0 Å². The summed E-state index contributed by atoms with van der Waals surface area (Å²) in [4.78, 5) is 31.2. The highest BCUT2D eigenvalue weighted by atomic mass is 16.2. The summed E-state index contributed by atoms with van der Waals surface area (Å²) in [6.45, 7) is 7.91. The van der Waals surface area contributed by atoms with Gasteiger partial charge in [-0.05, 0) is 43.0 Å². The molecule has 0 aliphatic rings. The van der Waals surface area contributed by atoms with Crippen molar-refractivity contribution in [3.8, 4) is 0 Å². The van der Waals surface area contributed by atoms with Crippen LogP contribution >= 0.6 is 0 Å². The third-order valence-corrected chi connectivity index (χ3v) is 4.18. The standard InChI is InChI=1S/C21H27N3O2/c1-4-13-24(14-5-2)21(26)19-12-8-11-18(23-19)20(25)22-15-17-10-7-6-9-16(17)3/h6-12H,4-5,13-15H2,1-3H3,(H,22,25). The summed E-state index contributed by atoms with van der Waals surface area (Å²) in [5.74, 6) is -0.400. The van der Waals surface area contributed by atoms with Crippen molar-refractivity contribution < 1.29 is 9.59 Å². The zero-order valence-corrected chi connectivity index (χ0v) is 15.8. The summed E-state index contributed by atoms with van der Waals surface area (Å²) >= 11 is 0. The van der Waals surface area contributed by atoms with Crippen LogP contribution in [0.25, 0.3) is 0 Å². The molecular formula is C21H27N3O2. The predicted molar refractivity (Wildman–Crippen MR) is 103 cm³/mol. The van der Waals surface area contributed by atoms with Crippen LogP contribution in [0.1, 0.15) is 58.8 Å². The summed E-state index contributed by atoms with van der Waals surface area (Å²) in [6, 6.07) is 12.9. The molecule has 138 valence electrons. The Hall–Kier alpha value is -2.69. The van der Waals surface area contributed by atoms with Crippen molar-refractivity contribution in [2.75, 3.05) is 13.1 Å². The Morgan fingerprint density at radius 2 is 1.62 bits per heavy atom. The summed E-state index contributed by atoms with van der Waals surface area (Å²) < 4.78 is 0. The second-order valence-electron chi connectivity index (χ2n) is 6.31. The van der Waals surface area contributed by atoms with Crippen molar-refractivity contribution in [2.45, 2.75) is 40.2 Å². The van der Waals surface area contributed by atoms with Crippen LogP contribution in [0, 0.1) is 6.92 Å². The molecule has 1 heterocycles.